The van der Waals surface area contributed by atoms with E-state index < -0.39 is 0 Å². The first-order valence-electron chi connectivity index (χ1n) is 6.92. The Morgan fingerprint density at radius 1 is 1.40 bits per heavy atom. The molecule has 3 heterocycles. The summed E-state index contributed by atoms with van der Waals surface area (Å²) in [6, 6.07) is 0. The van der Waals surface area contributed by atoms with E-state index in [1.54, 1.807) is 18.4 Å². The van der Waals surface area contributed by atoms with Gasteiger partial charge in [0.1, 0.15) is 12.4 Å². The minimum absolute atomic E-state index is 0.613. The second-order valence-corrected chi connectivity index (χ2v) is 5.29. The second kappa shape index (κ2) is 4.86. The highest BCUT2D eigenvalue weighted by Gasteiger charge is 2.38. The van der Waals surface area contributed by atoms with E-state index in [4.69, 9.17) is 4.84 Å². The molecule has 0 spiro atoms. The molecule has 0 aromatic carbocycles. The zero-order valence-electron chi connectivity index (χ0n) is 12.2. The highest BCUT2D eigenvalue weighted by Crippen LogP contribution is 2.34. The lowest BCUT2D eigenvalue weighted by Crippen LogP contribution is -2.41. The lowest BCUT2D eigenvalue weighted by atomic mass is 10.1. The van der Waals surface area contributed by atoms with Crippen molar-refractivity contribution >= 4 is 6.21 Å². The second-order valence-electron chi connectivity index (χ2n) is 5.29. The summed E-state index contributed by atoms with van der Waals surface area (Å²) in [5.41, 5.74) is 2.89. The van der Waals surface area contributed by atoms with Gasteiger partial charge in [-0.05, 0) is 18.9 Å². The van der Waals surface area contributed by atoms with Crippen LogP contribution in [0.4, 0.5) is 0 Å². The Labute approximate surface area is 119 Å². The molecule has 0 bridgehead atoms. The summed E-state index contributed by atoms with van der Waals surface area (Å²) in [5.74, 6) is 0.987. The van der Waals surface area contributed by atoms with E-state index in [0.29, 0.717) is 13.1 Å². The van der Waals surface area contributed by atoms with Crippen LogP contribution in [0, 0.1) is 5.21 Å². The third-order valence-corrected chi connectivity index (χ3v) is 3.69. The van der Waals surface area contributed by atoms with Gasteiger partial charge >= 0.3 is 0 Å². The van der Waals surface area contributed by atoms with Crippen LogP contribution in [0.2, 0.25) is 0 Å². The van der Waals surface area contributed by atoms with E-state index >= 15 is 0 Å². The van der Waals surface area contributed by atoms with Crippen LogP contribution in [0.15, 0.2) is 35.2 Å². The summed E-state index contributed by atoms with van der Waals surface area (Å²) < 4.78 is 0.996. The van der Waals surface area contributed by atoms with E-state index in [-0.39, 0.29) is 0 Å². The van der Waals surface area contributed by atoms with E-state index in [9.17, 15) is 5.21 Å². The molecule has 0 aliphatic carbocycles. The molecular formula is C14H20N4O2. The Morgan fingerprint density at radius 2 is 2.20 bits per heavy atom. The zero-order chi connectivity index (χ0) is 14.3. The van der Waals surface area contributed by atoms with Gasteiger partial charge in [-0.2, -0.15) is 4.74 Å². The number of hydrogen-bond acceptors (Lipinski definition) is 5. The molecule has 0 aromatic heterocycles. The smallest absolute Gasteiger partial charge is 0.238 e. The molecule has 0 saturated heterocycles. The van der Waals surface area contributed by atoms with Crippen LogP contribution in [0.25, 0.3) is 0 Å². The van der Waals surface area contributed by atoms with Gasteiger partial charge in [-0.25, -0.2) is 5.06 Å². The number of rotatable bonds is 3. The summed E-state index contributed by atoms with van der Waals surface area (Å²) in [7, 11) is 1.63. The van der Waals surface area contributed by atoms with Crippen molar-refractivity contribution in [2.45, 2.75) is 26.7 Å². The minimum Gasteiger partial charge on any atom is -0.618 e. The molecule has 0 amide bonds. The fourth-order valence-corrected chi connectivity index (χ4v) is 2.86. The molecule has 0 radical (unpaired) electrons. The lowest BCUT2D eigenvalue weighted by Gasteiger charge is -2.37. The number of hydrogen-bond donors (Lipinski definition) is 0. The van der Waals surface area contributed by atoms with Crippen molar-refractivity contribution in [3.8, 4) is 0 Å². The third kappa shape index (κ3) is 1.96. The van der Waals surface area contributed by atoms with Gasteiger partial charge < -0.3 is 10.1 Å². The third-order valence-electron chi connectivity index (χ3n) is 3.69. The summed E-state index contributed by atoms with van der Waals surface area (Å²) in [6.07, 6.45) is 7.36. The fourth-order valence-electron chi connectivity index (χ4n) is 2.86. The highest BCUT2D eigenvalue weighted by atomic mass is 16.7. The molecular weight excluding hydrogens is 256 g/mol. The van der Waals surface area contributed by atoms with Crippen LogP contribution in [0.3, 0.4) is 0 Å². The number of allylic oxidation sites excluding steroid dienone is 2. The van der Waals surface area contributed by atoms with Gasteiger partial charge in [0.25, 0.3) is 0 Å². The zero-order valence-corrected chi connectivity index (χ0v) is 12.2. The number of nitrogens with zero attached hydrogens (tertiary/aromatic N) is 4. The molecule has 0 saturated carbocycles. The van der Waals surface area contributed by atoms with E-state index in [1.165, 1.54) is 5.57 Å². The van der Waals surface area contributed by atoms with E-state index in [0.717, 1.165) is 34.9 Å². The molecule has 3 aliphatic rings. The normalized spacial score (nSPS) is 21.6. The van der Waals surface area contributed by atoms with Crippen molar-refractivity contribution < 1.29 is 9.58 Å². The molecule has 0 aromatic rings. The Bertz CT molecular complexity index is 547. The van der Waals surface area contributed by atoms with Crippen LogP contribution in [-0.2, 0) is 4.84 Å². The Hall–Kier alpha value is -1.95. The van der Waals surface area contributed by atoms with Crippen LogP contribution in [0.5, 0.6) is 0 Å². The van der Waals surface area contributed by atoms with Gasteiger partial charge in [0, 0.05) is 12.7 Å². The molecule has 6 nitrogen and oxygen atoms in total. The van der Waals surface area contributed by atoms with Gasteiger partial charge in [0.2, 0.25) is 11.9 Å². The van der Waals surface area contributed by atoms with Gasteiger partial charge in [0.15, 0.2) is 5.82 Å². The van der Waals surface area contributed by atoms with Crippen LogP contribution in [-0.4, -0.2) is 46.1 Å². The maximum absolute atomic E-state index is 12.3. The maximum atomic E-state index is 12.3. The van der Waals surface area contributed by atoms with E-state index in [1.807, 2.05) is 6.20 Å². The Morgan fingerprint density at radius 3 is 2.90 bits per heavy atom. The van der Waals surface area contributed by atoms with Crippen LogP contribution in [0.1, 0.15) is 26.7 Å². The van der Waals surface area contributed by atoms with E-state index in [2.05, 4.69) is 29.8 Å². The predicted octanol–water partition coefficient (Wildman–Crippen LogP) is 1.75. The maximum Gasteiger partial charge on any atom is 0.238 e. The first-order chi connectivity index (χ1) is 9.63. The largest absolute Gasteiger partial charge is 0.618 e. The average molecular weight is 276 g/mol. The van der Waals surface area contributed by atoms with Crippen LogP contribution >= 0.6 is 0 Å². The van der Waals surface area contributed by atoms with Crippen LogP contribution < -0.4 is 0 Å². The topological polar surface area (TPSA) is 45.0 Å². The van der Waals surface area contributed by atoms with Gasteiger partial charge in [-0.3, -0.25) is 9.74 Å². The molecule has 6 heteroatoms. The Balaban J connectivity index is 2.01. The minimum atomic E-state index is 0.613. The van der Waals surface area contributed by atoms with Crippen molar-refractivity contribution in [3.63, 3.8) is 0 Å². The quantitative estimate of drug-likeness (QED) is 0.580. The van der Waals surface area contributed by atoms with Crippen molar-refractivity contribution in [1.29, 1.82) is 0 Å². The molecule has 0 atom stereocenters. The summed E-state index contributed by atoms with van der Waals surface area (Å²) in [5, 5.41) is 14.0. The summed E-state index contributed by atoms with van der Waals surface area (Å²) in [4.78, 5) is 9.56. The van der Waals surface area contributed by atoms with Crippen molar-refractivity contribution in [1.82, 2.24) is 14.9 Å². The standard InChI is InChI=1S/C14H20N4O2/c1-4-5-15-7-11(2)6-13-14(15)17-10-16(20-3)8-12(17)9-18(13)19/h7-9H,4-6,10H2,1-3H3. The SMILES string of the molecule is CCCN1C=C(C)CC2=C1N1CN(OC)C=C1C=[N+]2[O-]. The van der Waals surface area contributed by atoms with Gasteiger partial charge in [-0.1, -0.05) is 6.92 Å². The molecule has 0 N–H and O–H groups in total. The molecule has 3 rings (SSSR count). The molecule has 3 aliphatic heterocycles. The van der Waals surface area contributed by atoms with Crippen molar-refractivity contribution in [2.75, 3.05) is 20.3 Å². The fraction of sp³-hybridized carbons (Fsp3) is 0.500. The molecule has 0 fully saturated rings. The summed E-state index contributed by atoms with van der Waals surface area (Å²) in [6.45, 7) is 5.73. The van der Waals surface area contributed by atoms with Crippen molar-refractivity contribution in [3.05, 3.63) is 40.4 Å². The number of hydroxylamine groups is 3. The van der Waals surface area contributed by atoms with Crippen molar-refractivity contribution in [2.24, 2.45) is 0 Å². The highest BCUT2D eigenvalue weighted by molar-refractivity contribution is 5.76. The average Bonchev–Trinajstić information content (AvgIpc) is 2.82. The summed E-state index contributed by atoms with van der Waals surface area (Å²) >= 11 is 0. The predicted molar refractivity (Wildman–Crippen MR) is 75.7 cm³/mol. The monoisotopic (exact) mass is 276 g/mol. The first-order valence-corrected chi connectivity index (χ1v) is 6.92. The molecule has 0 unspecified atom stereocenters. The van der Waals surface area contributed by atoms with Gasteiger partial charge in [-0.15, -0.1) is 0 Å². The Kier molecular flexibility index (Phi) is 3.17. The first kappa shape index (κ1) is 13.1. The molecule has 108 valence electrons. The molecule has 20 heavy (non-hydrogen) atoms. The van der Waals surface area contributed by atoms with Gasteiger partial charge in [0.05, 0.1) is 19.7 Å². The number of fused-ring (bicyclic) bond motifs is 2. The lowest BCUT2D eigenvalue weighted by molar-refractivity contribution is -0.405.